The van der Waals surface area contributed by atoms with Gasteiger partial charge < -0.3 is 10.6 Å². The van der Waals surface area contributed by atoms with Gasteiger partial charge in [0.25, 0.3) is 0 Å². The Bertz CT molecular complexity index is 227. The standard InChI is InChI=1S/C8H15N3O2/c1-5(2)11-4-6(8(9)13)10-3-7(11)12/h5-6,10H,3-4H2,1-2H3,(H2,9,13). The molecule has 0 aromatic rings. The molecular formula is C8H15N3O2. The molecule has 0 radical (unpaired) electrons. The van der Waals surface area contributed by atoms with Crippen molar-refractivity contribution < 1.29 is 9.59 Å². The molecule has 0 bridgehead atoms. The van der Waals surface area contributed by atoms with Gasteiger partial charge in [-0.25, -0.2) is 0 Å². The summed E-state index contributed by atoms with van der Waals surface area (Å²) in [7, 11) is 0. The number of hydrogen-bond donors (Lipinski definition) is 2. The van der Waals surface area contributed by atoms with Gasteiger partial charge in [0.1, 0.15) is 6.04 Å². The number of primary amides is 1. The van der Waals surface area contributed by atoms with E-state index in [4.69, 9.17) is 5.73 Å². The third-order valence-corrected chi connectivity index (χ3v) is 2.17. The smallest absolute Gasteiger partial charge is 0.236 e. The molecule has 1 aliphatic rings. The number of piperazine rings is 1. The van der Waals surface area contributed by atoms with Gasteiger partial charge in [-0.1, -0.05) is 0 Å². The number of carbonyl (C=O) groups is 2. The van der Waals surface area contributed by atoms with Gasteiger partial charge in [-0.2, -0.15) is 0 Å². The molecule has 5 nitrogen and oxygen atoms in total. The Morgan fingerprint density at radius 1 is 1.69 bits per heavy atom. The van der Waals surface area contributed by atoms with Crippen LogP contribution in [-0.4, -0.2) is 41.9 Å². The van der Waals surface area contributed by atoms with E-state index in [1.807, 2.05) is 13.8 Å². The van der Waals surface area contributed by atoms with Gasteiger partial charge in [-0.05, 0) is 13.8 Å². The number of nitrogens with two attached hydrogens (primary N) is 1. The summed E-state index contributed by atoms with van der Waals surface area (Å²) in [6, 6.07) is -0.281. The predicted octanol–water partition coefficient (Wildman–Crippen LogP) is -1.32. The molecule has 1 fully saturated rings. The van der Waals surface area contributed by atoms with Gasteiger partial charge in [-0.15, -0.1) is 0 Å². The lowest BCUT2D eigenvalue weighted by Gasteiger charge is -2.34. The topological polar surface area (TPSA) is 75.4 Å². The maximum atomic E-state index is 11.3. The van der Waals surface area contributed by atoms with E-state index in [9.17, 15) is 9.59 Å². The van der Waals surface area contributed by atoms with Gasteiger partial charge in [0.05, 0.1) is 6.54 Å². The largest absolute Gasteiger partial charge is 0.368 e. The van der Waals surface area contributed by atoms with Crippen molar-refractivity contribution in [3.8, 4) is 0 Å². The van der Waals surface area contributed by atoms with Crippen molar-refractivity contribution in [3.63, 3.8) is 0 Å². The van der Waals surface area contributed by atoms with E-state index in [1.54, 1.807) is 4.90 Å². The highest BCUT2D eigenvalue weighted by molar-refractivity contribution is 5.85. The summed E-state index contributed by atoms with van der Waals surface area (Å²) in [5.41, 5.74) is 5.14. The van der Waals surface area contributed by atoms with Crippen LogP contribution >= 0.6 is 0 Å². The molecule has 0 aliphatic carbocycles. The molecule has 0 spiro atoms. The van der Waals surface area contributed by atoms with E-state index in [0.717, 1.165) is 0 Å². The highest BCUT2D eigenvalue weighted by Gasteiger charge is 2.29. The van der Waals surface area contributed by atoms with Crippen molar-refractivity contribution in [1.29, 1.82) is 0 Å². The minimum absolute atomic E-state index is 0.0208. The molecule has 0 aromatic heterocycles. The van der Waals surface area contributed by atoms with Crippen LogP contribution < -0.4 is 11.1 Å². The van der Waals surface area contributed by atoms with Crippen LogP contribution in [-0.2, 0) is 9.59 Å². The number of rotatable bonds is 2. The molecule has 1 aliphatic heterocycles. The average Bonchev–Trinajstić information content (AvgIpc) is 2.04. The van der Waals surface area contributed by atoms with Crippen LogP contribution in [0.2, 0.25) is 0 Å². The lowest BCUT2D eigenvalue weighted by molar-refractivity contribution is -0.136. The van der Waals surface area contributed by atoms with Gasteiger partial charge in [0.2, 0.25) is 11.8 Å². The number of amides is 2. The number of nitrogens with zero attached hydrogens (tertiary/aromatic N) is 1. The first-order valence-corrected chi connectivity index (χ1v) is 4.34. The van der Waals surface area contributed by atoms with Crippen molar-refractivity contribution in [3.05, 3.63) is 0 Å². The highest BCUT2D eigenvalue weighted by Crippen LogP contribution is 2.04. The molecule has 5 heteroatoms. The van der Waals surface area contributed by atoms with Crippen LogP contribution in [0, 0.1) is 0 Å². The second-order valence-corrected chi connectivity index (χ2v) is 3.48. The first kappa shape index (κ1) is 9.98. The van der Waals surface area contributed by atoms with Gasteiger partial charge in [0.15, 0.2) is 0 Å². The van der Waals surface area contributed by atoms with E-state index < -0.39 is 11.9 Å². The fourth-order valence-corrected chi connectivity index (χ4v) is 1.36. The fourth-order valence-electron chi connectivity index (χ4n) is 1.36. The zero-order valence-corrected chi connectivity index (χ0v) is 7.91. The molecule has 3 N–H and O–H groups in total. The molecule has 13 heavy (non-hydrogen) atoms. The summed E-state index contributed by atoms with van der Waals surface area (Å²) in [6.45, 7) is 4.42. The van der Waals surface area contributed by atoms with Crippen LogP contribution in [0.4, 0.5) is 0 Å². The minimum atomic E-state index is -0.404. The quantitative estimate of drug-likeness (QED) is 0.560. The normalized spacial score (nSPS) is 23.8. The number of carbonyl (C=O) groups excluding carboxylic acids is 2. The first-order valence-electron chi connectivity index (χ1n) is 4.34. The lowest BCUT2D eigenvalue weighted by atomic mass is 10.1. The third-order valence-electron chi connectivity index (χ3n) is 2.17. The maximum Gasteiger partial charge on any atom is 0.236 e. The molecule has 1 rings (SSSR count). The SMILES string of the molecule is CC(C)N1CC(C(N)=O)NCC1=O. The van der Waals surface area contributed by atoms with E-state index in [2.05, 4.69) is 5.32 Å². The molecule has 2 amide bonds. The molecule has 74 valence electrons. The van der Waals surface area contributed by atoms with Crippen LogP contribution in [0.1, 0.15) is 13.8 Å². The predicted molar refractivity (Wildman–Crippen MR) is 47.8 cm³/mol. The summed E-state index contributed by atoms with van der Waals surface area (Å²) < 4.78 is 0. The van der Waals surface area contributed by atoms with Crippen LogP contribution in [0.25, 0.3) is 0 Å². The summed E-state index contributed by atoms with van der Waals surface area (Å²) >= 11 is 0. The molecule has 0 saturated carbocycles. The monoisotopic (exact) mass is 185 g/mol. The summed E-state index contributed by atoms with van der Waals surface area (Å²) in [4.78, 5) is 23.8. The van der Waals surface area contributed by atoms with E-state index in [1.165, 1.54) is 0 Å². The van der Waals surface area contributed by atoms with E-state index in [-0.39, 0.29) is 18.5 Å². The van der Waals surface area contributed by atoms with Gasteiger partial charge in [0, 0.05) is 12.6 Å². The zero-order chi connectivity index (χ0) is 10.0. The summed E-state index contributed by atoms with van der Waals surface area (Å²) in [5, 5.41) is 2.79. The number of nitrogens with one attached hydrogen (secondary N) is 1. The van der Waals surface area contributed by atoms with Crippen molar-refractivity contribution in [2.45, 2.75) is 25.9 Å². The molecule has 1 heterocycles. The second kappa shape index (κ2) is 3.74. The fraction of sp³-hybridized carbons (Fsp3) is 0.750. The number of hydrogen-bond acceptors (Lipinski definition) is 3. The Morgan fingerprint density at radius 2 is 2.31 bits per heavy atom. The summed E-state index contributed by atoms with van der Waals surface area (Å²) in [5.74, 6) is -0.384. The van der Waals surface area contributed by atoms with Crippen LogP contribution in [0.3, 0.4) is 0 Å². The van der Waals surface area contributed by atoms with Crippen molar-refractivity contribution in [2.75, 3.05) is 13.1 Å². The molecular weight excluding hydrogens is 170 g/mol. The minimum Gasteiger partial charge on any atom is -0.368 e. The Kier molecular flexibility index (Phi) is 2.87. The molecule has 1 atom stereocenters. The highest BCUT2D eigenvalue weighted by atomic mass is 16.2. The van der Waals surface area contributed by atoms with Crippen molar-refractivity contribution in [2.24, 2.45) is 5.73 Å². The first-order chi connectivity index (χ1) is 6.02. The van der Waals surface area contributed by atoms with Crippen LogP contribution in [0.15, 0.2) is 0 Å². The van der Waals surface area contributed by atoms with Crippen molar-refractivity contribution >= 4 is 11.8 Å². The average molecular weight is 185 g/mol. The van der Waals surface area contributed by atoms with Crippen molar-refractivity contribution in [1.82, 2.24) is 10.2 Å². The van der Waals surface area contributed by atoms with Crippen LogP contribution in [0.5, 0.6) is 0 Å². The Morgan fingerprint density at radius 3 is 2.77 bits per heavy atom. The Labute approximate surface area is 77.3 Å². The van der Waals surface area contributed by atoms with Gasteiger partial charge >= 0.3 is 0 Å². The molecule has 1 unspecified atom stereocenters. The van der Waals surface area contributed by atoms with E-state index >= 15 is 0 Å². The Balaban J connectivity index is 2.63. The molecule has 0 aromatic carbocycles. The maximum absolute atomic E-state index is 11.3. The lowest BCUT2D eigenvalue weighted by Crippen LogP contribution is -2.60. The molecule has 1 saturated heterocycles. The second-order valence-electron chi connectivity index (χ2n) is 3.48. The summed E-state index contributed by atoms with van der Waals surface area (Å²) in [6.07, 6.45) is 0. The zero-order valence-electron chi connectivity index (χ0n) is 7.91. The van der Waals surface area contributed by atoms with Gasteiger partial charge in [-0.3, -0.25) is 14.9 Å². The Hall–Kier alpha value is -1.10. The third kappa shape index (κ3) is 2.18. The van der Waals surface area contributed by atoms with E-state index in [0.29, 0.717) is 6.54 Å².